The van der Waals surface area contributed by atoms with E-state index in [0.29, 0.717) is 5.39 Å². The summed E-state index contributed by atoms with van der Waals surface area (Å²) in [4.78, 5) is 39.9. The number of nitrogens with zero attached hydrogens (tertiary/aromatic N) is 3. The largest absolute Gasteiger partial charge is 0.349 e. The van der Waals surface area contributed by atoms with E-state index >= 15 is 0 Å². The second-order valence-electron chi connectivity index (χ2n) is 4.35. The maximum absolute atomic E-state index is 12.0. The molecule has 0 bridgehead atoms. The number of amides is 3. The number of rotatable bonds is 4. The summed E-state index contributed by atoms with van der Waals surface area (Å²) in [6, 6.07) is 1.72. The summed E-state index contributed by atoms with van der Waals surface area (Å²) in [5.74, 6) is -0.433. The van der Waals surface area contributed by atoms with E-state index in [1.807, 2.05) is 0 Å². The zero-order valence-corrected chi connectivity index (χ0v) is 11.6. The molecule has 9 heteroatoms. The van der Waals surface area contributed by atoms with Gasteiger partial charge < -0.3 is 5.32 Å². The van der Waals surface area contributed by atoms with E-state index < -0.39 is 0 Å². The third kappa shape index (κ3) is 2.59. The highest BCUT2D eigenvalue weighted by atomic mass is 32.2. The normalized spacial score (nSPS) is 15.0. The number of carbonyl (C=O) groups excluding carboxylic acids is 3. The van der Waals surface area contributed by atoms with Crippen LogP contribution in [0, 0.1) is 0 Å². The van der Waals surface area contributed by atoms with Crippen molar-refractivity contribution in [2.45, 2.75) is 0 Å². The van der Waals surface area contributed by atoms with Crippen LogP contribution in [-0.4, -0.2) is 56.0 Å². The monoisotopic (exact) mass is 305 g/mol. The molecule has 21 heavy (non-hydrogen) atoms. The van der Waals surface area contributed by atoms with Crippen LogP contribution in [0.3, 0.4) is 0 Å². The van der Waals surface area contributed by atoms with Crippen molar-refractivity contribution in [1.82, 2.24) is 25.4 Å². The van der Waals surface area contributed by atoms with Gasteiger partial charge in [0, 0.05) is 25.5 Å². The van der Waals surface area contributed by atoms with Crippen molar-refractivity contribution in [2.75, 3.05) is 18.8 Å². The molecule has 0 aliphatic carbocycles. The summed E-state index contributed by atoms with van der Waals surface area (Å²) in [5, 5.41) is 9.68. The summed E-state index contributed by atoms with van der Waals surface area (Å²) in [6.07, 6.45) is 3.16. The standard InChI is InChI=1S/C12H11N5O3S/c18-9-6-21-12(20)17(9)4-3-14-11(19)10-7-5-13-2-1-8(7)15-16-10/h1-2,5H,3-4,6H2,(H,14,19)(H,15,16). The summed E-state index contributed by atoms with van der Waals surface area (Å²) in [7, 11) is 0. The van der Waals surface area contributed by atoms with Gasteiger partial charge in [-0.15, -0.1) is 0 Å². The highest BCUT2D eigenvalue weighted by molar-refractivity contribution is 8.14. The topological polar surface area (TPSA) is 108 Å². The quantitative estimate of drug-likeness (QED) is 0.845. The van der Waals surface area contributed by atoms with Gasteiger partial charge >= 0.3 is 0 Å². The minimum atomic E-state index is -0.374. The molecule has 0 spiro atoms. The molecule has 0 atom stereocenters. The van der Waals surface area contributed by atoms with Crippen molar-refractivity contribution in [3.8, 4) is 0 Å². The third-order valence-electron chi connectivity index (χ3n) is 3.04. The number of pyridine rings is 1. The average Bonchev–Trinajstić information content (AvgIpc) is 3.05. The molecule has 0 aromatic carbocycles. The lowest BCUT2D eigenvalue weighted by molar-refractivity contribution is -0.124. The fourth-order valence-corrected chi connectivity index (χ4v) is 2.74. The van der Waals surface area contributed by atoms with Gasteiger partial charge in [0.1, 0.15) is 0 Å². The molecule has 2 aromatic rings. The molecule has 0 unspecified atom stereocenters. The Morgan fingerprint density at radius 1 is 1.48 bits per heavy atom. The summed E-state index contributed by atoms with van der Waals surface area (Å²) in [6.45, 7) is 0.350. The van der Waals surface area contributed by atoms with Crippen LogP contribution >= 0.6 is 11.8 Å². The fraction of sp³-hybridized carbons (Fsp3) is 0.250. The summed E-state index contributed by atoms with van der Waals surface area (Å²) in [5.41, 5.74) is 0.961. The van der Waals surface area contributed by atoms with E-state index in [9.17, 15) is 14.4 Å². The van der Waals surface area contributed by atoms with E-state index in [1.165, 1.54) is 0 Å². The molecule has 0 radical (unpaired) electrons. The molecule has 1 saturated heterocycles. The second-order valence-corrected chi connectivity index (χ2v) is 5.28. The lowest BCUT2D eigenvalue weighted by atomic mass is 10.2. The SMILES string of the molecule is O=C(NCCN1C(=O)CSC1=O)c1n[nH]c2ccncc12. The number of hydrogen-bond acceptors (Lipinski definition) is 6. The number of nitrogens with one attached hydrogen (secondary N) is 2. The average molecular weight is 305 g/mol. The molecular formula is C12H11N5O3S. The van der Waals surface area contributed by atoms with Gasteiger partial charge in [-0.2, -0.15) is 5.10 Å². The molecule has 0 saturated carbocycles. The van der Waals surface area contributed by atoms with Crippen molar-refractivity contribution in [3.05, 3.63) is 24.2 Å². The first-order chi connectivity index (χ1) is 10.2. The lowest BCUT2D eigenvalue weighted by Crippen LogP contribution is -2.37. The molecule has 3 amide bonds. The molecule has 108 valence electrons. The van der Waals surface area contributed by atoms with Crippen molar-refractivity contribution < 1.29 is 14.4 Å². The van der Waals surface area contributed by atoms with Gasteiger partial charge in [-0.3, -0.25) is 29.4 Å². The summed E-state index contributed by atoms with van der Waals surface area (Å²) >= 11 is 0.971. The number of fused-ring (bicyclic) bond motifs is 1. The smallest absolute Gasteiger partial charge is 0.288 e. The van der Waals surface area contributed by atoms with Gasteiger partial charge in [0.2, 0.25) is 5.91 Å². The van der Waals surface area contributed by atoms with Crippen molar-refractivity contribution in [3.63, 3.8) is 0 Å². The molecule has 2 aromatic heterocycles. The molecule has 1 aliphatic heterocycles. The van der Waals surface area contributed by atoms with Gasteiger partial charge in [-0.25, -0.2) is 0 Å². The van der Waals surface area contributed by atoms with Crippen LogP contribution in [0.5, 0.6) is 0 Å². The van der Waals surface area contributed by atoms with E-state index in [-0.39, 0.29) is 41.6 Å². The predicted molar refractivity (Wildman–Crippen MR) is 75.8 cm³/mol. The van der Waals surface area contributed by atoms with E-state index in [1.54, 1.807) is 18.5 Å². The van der Waals surface area contributed by atoms with Crippen LogP contribution in [0.25, 0.3) is 10.9 Å². The number of aromatic nitrogens is 3. The Balaban J connectivity index is 1.62. The molecule has 8 nitrogen and oxygen atoms in total. The third-order valence-corrected chi connectivity index (χ3v) is 3.90. The Labute approximate surface area is 123 Å². The van der Waals surface area contributed by atoms with Crippen LogP contribution in [0.4, 0.5) is 4.79 Å². The summed E-state index contributed by atoms with van der Waals surface area (Å²) < 4.78 is 0. The Morgan fingerprint density at radius 2 is 2.33 bits per heavy atom. The first kappa shape index (κ1) is 13.6. The zero-order chi connectivity index (χ0) is 14.8. The number of hydrogen-bond donors (Lipinski definition) is 2. The van der Waals surface area contributed by atoms with Crippen LogP contribution in [0.15, 0.2) is 18.5 Å². The highest BCUT2D eigenvalue weighted by Gasteiger charge is 2.29. The van der Waals surface area contributed by atoms with E-state index in [4.69, 9.17) is 0 Å². The minimum absolute atomic E-state index is 0.164. The van der Waals surface area contributed by atoms with E-state index in [2.05, 4.69) is 20.5 Å². The van der Waals surface area contributed by atoms with Gasteiger partial charge in [0.25, 0.3) is 11.1 Å². The van der Waals surface area contributed by atoms with Crippen molar-refractivity contribution >= 4 is 39.7 Å². The van der Waals surface area contributed by atoms with Crippen LogP contribution in [0.1, 0.15) is 10.5 Å². The highest BCUT2D eigenvalue weighted by Crippen LogP contribution is 2.18. The molecule has 1 aliphatic rings. The van der Waals surface area contributed by atoms with Gasteiger partial charge in [-0.1, -0.05) is 11.8 Å². The van der Waals surface area contributed by atoms with E-state index in [0.717, 1.165) is 22.2 Å². The number of imide groups is 1. The van der Waals surface area contributed by atoms with Crippen molar-refractivity contribution in [1.29, 1.82) is 0 Å². The Morgan fingerprint density at radius 3 is 3.10 bits per heavy atom. The van der Waals surface area contributed by atoms with Gasteiger partial charge in [0.05, 0.1) is 16.7 Å². The Kier molecular flexibility index (Phi) is 3.57. The molecular weight excluding hydrogens is 294 g/mol. The second kappa shape index (κ2) is 5.52. The first-order valence-electron chi connectivity index (χ1n) is 6.20. The minimum Gasteiger partial charge on any atom is -0.349 e. The van der Waals surface area contributed by atoms with Crippen LogP contribution in [-0.2, 0) is 4.79 Å². The van der Waals surface area contributed by atoms with Crippen LogP contribution < -0.4 is 5.32 Å². The van der Waals surface area contributed by atoms with Gasteiger partial charge in [-0.05, 0) is 6.07 Å². The maximum atomic E-state index is 12.0. The zero-order valence-electron chi connectivity index (χ0n) is 10.8. The lowest BCUT2D eigenvalue weighted by Gasteiger charge is -2.12. The molecule has 2 N–H and O–H groups in total. The number of carbonyl (C=O) groups is 3. The fourth-order valence-electron chi connectivity index (χ4n) is 1.99. The predicted octanol–water partition coefficient (Wildman–Crippen LogP) is 0.383. The molecule has 3 rings (SSSR count). The number of thioether (sulfide) groups is 1. The molecule has 1 fully saturated rings. The molecule has 3 heterocycles. The number of aromatic amines is 1. The van der Waals surface area contributed by atoms with Gasteiger partial charge in [0.15, 0.2) is 5.69 Å². The maximum Gasteiger partial charge on any atom is 0.288 e. The van der Waals surface area contributed by atoms with Crippen molar-refractivity contribution in [2.24, 2.45) is 0 Å². The van der Waals surface area contributed by atoms with Crippen LogP contribution in [0.2, 0.25) is 0 Å². The first-order valence-corrected chi connectivity index (χ1v) is 7.19. The Bertz CT molecular complexity index is 713. The number of H-pyrrole nitrogens is 1. The Hall–Kier alpha value is -2.42.